The predicted molar refractivity (Wildman–Crippen MR) is 176 cm³/mol. The van der Waals surface area contributed by atoms with Crippen molar-refractivity contribution in [2.45, 2.75) is 86.0 Å². The maximum Gasteiger partial charge on any atom is 0.0462 e. The lowest BCUT2D eigenvalue weighted by molar-refractivity contribution is 0.0728. The zero-order chi connectivity index (χ0) is 28.8. The van der Waals surface area contributed by atoms with Gasteiger partial charge in [0.25, 0.3) is 0 Å². The van der Waals surface area contributed by atoms with Crippen molar-refractivity contribution < 1.29 is 0 Å². The Labute approximate surface area is 244 Å². The molecule has 0 bridgehead atoms. The minimum atomic E-state index is 0.117. The van der Waals surface area contributed by atoms with Crippen LogP contribution in [0.4, 0.5) is 17.1 Å². The molecule has 0 heterocycles. The number of nitrogens with zero attached hydrogens (tertiary/aromatic N) is 1. The summed E-state index contributed by atoms with van der Waals surface area (Å²) in [6.07, 6.45) is 6.03. The van der Waals surface area contributed by atoms with Crippen molar-refractivity contribution in [1.29, 1.82) is 0 Å². The van der Waals surface area contributed by atoms with Gasteiger partial charge in [-0.05, 0) is 88.6 Å². The minimum Gasteiger partial charge on any atom is -0.311 e. The van der Waals surface area contributed by atoms with Crippen LogP contribution < -0.4 is 4.90 Å². The summed E-state index contributed by atoms with van der Waals surface area (Å²) in [4.78, 5) is 2.31. The Balaban J connectivity index is 1.67. The largest absolute Gasteiger partial charge is 0.311 e. The van der Waals surface area contributed by atoms with E-state index in [9.17, 15) is 0 Å². The van der Waals surface area contributed by atoms with Crippen LogP contribution >= 0.6 is 0 Å². The van der Waals surface area contributed by atoms with E-state index in [1.54, 1.807) is 0 Å². The highest BCUT2D eigenvalue weighted by Gasteiger charge is 2.46. The molecule has 0 N–H and O–H groups in total. The third-order valence-electron chi connectivity index (χ3n) is 10.4. The zero-order valence-corrected chi connectivity index (χ0v) is 25.9. The fourth-order valence-electron chi connectivity index (χ4n) is 6.48. The molecule has 210 valence electrons. The van der Waals surface area contributed by atoms with Crippen LogP contribution in [0.1, 0.15) is 86.1 Å². The van der Waals surface area contributed by atoms with Crippen molar-refractivity contribution in [2.24, 2.45) is 10.8 Å². The maximum absolute atomic E-state index is 2.54. The molecule has 4 rings (SSSR count). The molecule has 0 saturated heterocycles. The van der Waals surface area contributed by atoms with Gasteiger partial charge in [0.1, 0.15) is 0 Å². The highest BCUT2D eigenvalue weighted by Crippen LogP contribution is 2.54. The van der Waals surface area contributed by atoms with Crippen LogP contribution in [0.5, 0.6) is 0 Å². The van der Waals surface area contributed by atoms with E-state index in [1.165, 1.54) is 48.8 Å². The Morgan fingerprint density at radius 3 is 1.27 bits per heavy atom. The van der Waals surface area contributed by atoms with E-state index in [0.717, 1.165) is 17.1 Å². The second-order valence-electron chi connectivity index (χ2n) is 12.4. The van der Waals surface area contributed by atoms with Gasteiger partial charge < -0.3 is 4.90 Å². The summed E-state index contributed by atoms with van der Waals surface area (Å²) in [7, 11) is 0. The van der Waals surface area contributed by atoms with Gasteiger partial charge in [-0.1, -0.05) is 134 Å². The summed E-state index contributed by atoms with van der Waals surface area (Å²) in [6, 6.07) is 39.7. The van der Waals surface area contributed by atoms with Crippen molar-refractivity contribution >= 4 is 17.1 Å². The second-order valence-corrected chi connectivity index (χ2v) is 12.4. The van der Waals surface area contributed by atoms with E-state index >= 15 is 0 Å². The quantitative estimate of drug-likeness (QED) is 0.176. The van der Waals surface area contributed by atoms with Crippen molar-refractivity contribution in [3.05, 3.63) is 115 Å². The zero-order valence-electron chi connectivity index (χ0n) is 25.9. The first-order chi connectivity index (χ1) is 19.2. The van der Waals surface area contributed by atoms with E-state index in [2.05, 4.69) is 163 Å². The van der Waals surface area contributed by atoms with E-state index in [0.29, 0.717) is 5.41 Å². The molecule has 0 aliphatic heterocycles. The molecule has 1 heteroatoms. The molecule has 0 aromatic heterocycles. The first-order valence-corrected chi connectivity index (χ1v) is 15.3. The summed E-state index contributed by atoms with van der Waals surface area (Å²) in [6.45, 7) is 17.0. The number of rotatable bonds is 12. The third kappa shape index (κ3) is 5.90. The molecule has 40 heavy (non-hydrogen) atoms. The topological polar surface area (TPSA) is 3.24 Å². The van der Waals surface area contributed by atoms with Crippen LogP contribution in [0.25, 0.3) is 11.1 Å². The molecule has 4 aromatic rings. The number of para-hydroxylation sites is 2. The third-order valence-corrected chi connectivity index (χ3v) is 10.4. The normalized spacial score (nSPS) is 13.6. The molecule has 0 aliphatic carbocycles. The van der Waals surface area contributed by atoms with Crippen LogP contribution in [0.3, 0.4) is 0 Å². The van der Waals surface area contributed by atoms with Crippen molar-refractivity contribution in [3.63, 3.8) is 0 Å². The molecule has 0 saturated carbocycles. The van der Waals surface area contributed by atoms with Gasteiger partial charge in [0, 0.05) is 17.1 Å². The SMILES string of the molecule is CCC(C)(CC)CC(C)(c1ccc(-c2ccc(N(c3ccccc3)c3ccccc3)cc2)cc1)C(C)(CC)CC. The van der Waals surface area contributed by atoms with E-state index in [4.69, 9.17) is 0 Å². The van der Waals surface area contributed by atoms with Gasteiger partial charge >= 0.3 is 0 Å². The Morgan fingerprint density at radius 1 is 0.475 bits per heavy atom. The lowest BCUT2D eigenvalue weighted by atomic mass is 9.53. The minimum absolute atomic E-state index is 0.117. The number of hydrogen-bond acceptors (Lipinski definition) is 1. The van der Waals surface area contributed by atoms with E-state index in [-0.39, 0.29) is 10.8 Å². The van der Waals surface area contributed by atoms with Crippen LogP contribution in [0.2, 0.25) is 0 Å². The lowest BCUT2D eigenvalue weighted by Gasteiger charge is -2.51. The van der Waals surface area contributed by atoms with Crippen molar-refractivity contribution in [2.75, 3.05) is 4.90 Å². The lowest BCUT2D eigenvalue weighted by Crippen LogP contribution is -2.44. The summed E-state index contributed by atoms with van der Waals surface area (Å²) in [5, 5.41) is 0. The van der Waals surface area contributed by atoms with Gasteiger partial charge in [-0.2, -0.15) is 0 Å². The molecule has 1 atom stereocenters. The predicted octanol–water partition coefficient (Wildman–Crippen LogP) is 12.1. The average Bonchev–Trinajstić information content (AvgIpc) is 3.02. The van der Waals surface area contributed by atoms with Gasteiger partial charge in [0.15, 0.2) is 0 Å². The fraction of sp³-hybridized carbons (Fsp3) is 0.385. The molecule has 0 radical (unpaired) electrons. The summed E-state index contributed by atoms with van der Waals surface area (Å²) in [5.74, 6) is 0. The number of benzene rings is 4. The van der Waals surface area contributed by atoms with Crippen LogP contribution in [-0.2, 0) is 5.41 Å². The van der Waals surface area contributed by atoms with Crippen LogP contribution in [0.15, 0.2) is 109 Å². The summed E-state index contributed by atoms with van der Waals surface area (Å²) in [5.41, 5.74) is 8.18. The highest BCUT2D eigenvalue weighted by molar-refractivity contribution is 5.78. The van der Waals surface area contributed by atoms with Gasteiger partial charge in [0.2, 0.25) is 0 Å². The van der Waals surface area contributed by atoms with Gasteiger partial charge in [-0.3, -0.25) is 0 Å². The molecule has 0 aliphatic rings. The molecule has 0 amide bonds. The van der Waals surface area contributed by atoms with E-state index < -0.39 is 0 Å². The van der Waals surface area contributed by atoms with Gasteiger partial charge in [0.05, 0.1) is 0 Å². The Bertz CT molecular complexity index is 1270. The molecular weight excluding hydrogens is 482 g/mol. The first-order valence-electron chi connectivity index (χ1n) is 15.3. The smallest absolute Gasteiger partial charge is 0.0462 e. The van der Waals surface area contributed by atoms with Crippen molar-refractivity contribution in [1.82, 2.24) is 0 Å². The Kier molecular flexibility index (Phi) is 9.24. The standard InChI is InChI=1S/C39H49N/c1-8-37(5,9-2)30-39(7,38(6,10-3)11-4)33-26-22-31(23-27-33)32-24-28-36(29-25-32)40(34-18-14-12-15-19-34)35-20-16-13-17-21-35/h12-29H,8-11,30H2,1-7H3. The molecular formula is C39H49N. The number of anilines is 3. The summed E-state index contributed by atoms with van der Waals surface area (Å²) >= 11 is 0. The first kappa shape index (κ1) is 29.7. The average molecular weight is 532 g/mol. The van der Waals surface area contributed by atoms with Crippen molar-refractivity contribution in [3.8, 4) is 11.1 Å². The second kappa shape index (κ2) is 12.5. The monoisotopic (exact) mass is 531 g/mol. The Hall–Kier alpha value is -3.32. The number of hydrogen-bond donors (Lipinski definition) is 0. The van der Waals surface area contributed by atoms with Gasteiger partial charge in [-0.25, -0.2) is 0 Å². The highest BCUT2D eigenvalue weighted by atomic mass is 15.1. The molecule has 4 aromatic carbocycles. The molecule has 1 unspecified atom stereocenters. The fourth-order valence-corrected chi connectivity index (χ4v) is 6.48. The molecule has 0 fully saturated rings. The van der Waals surface area contributed by atoms with Gasteiger partial charge in [-0.15, -0.1) is 0 Å². The molecule has 0 spiro atoms. The molecule has 1 nitrogen and oxygen atoms in total. The Morgan fingerprint density at radius 2 is 0.875 bits per heavy atom. The summed E-state index contributed by atoms with van der Waals surface area (Å²) < 4.78 is 0. The van der Waals surface area contributed by atoms with E-state index in [1.807, 2.05) is 0 Å². The van der Waals surface area contributed by atoms with Crippen LogP contribution in [-0.4, -0.2) is 0 Å². The van der Waals surface area contributed by atoms with Crippen LogP contribution in [0, 0.1) is 10.8 Å². The maximum atomic E-state index is 2.54.